The molecule has 1 saturated heterocycles. The lowest BCUT2D eigenvalue weighted by atomic mass is 10.0. The lowest BCUT2D eigenvalue weighted by molar-refractivity contribution is 0.149. The Bertz CT molecular complexity index is 918. The molecule has 1 unspecified atom stereocenters. The first-order valence-electron chi connectivity index (χ1n) is 9.06. The monoisotopic (exact) mass is 384 g/mol. The van der Waals surface area contributed by atoms with Crippen LogP contribution in [0.1, 0.15) is 23.0 Å². The predicted octanol–water partition coefficient (Wildman–Crippen LogP) is 3.52. The summed E-state index contributed by atoms with van der Waals surface area (Å²) in [6.07, 6.45) is 0. The molecule has 0 aliphatic carbocycles. The van der Waals surface area contributed by atoms with Crippen LogP contribution in [0.3, 0.4) is 0 Å². The summed E-state index contributed by atoms with van der Waals surface area (Å²) >= 11 is 0. The number of halogens is 1. The number of nitrogens with one attached hydrogen (secondary N) is 1. The standard InChI is InChI=1S/C21H24N4O.ClH/c1-15-19(24-18-9-5-4-8-17(18)23-15)14-25-12-11-22-13-20(25)16-7-3-6-10-21(16)26-2;/h3-10,20,22H,11-14H2,1-2H3;1H. The highest BCUT2D eigenvalue weighted by atomic mass is 35.5. The van der Waals surface area contributed by atoms with Crippen LogP contribution in [0.4, 0.5) is 0 Å². The molecule has 0 spiro atoms. The van der Waals surface area contributed by atoms with Crippen LogP contribution in [0, 0.1) is 6.92 Å². The second kappa shape index (κ2) is 8.65. The first-order chi connectivity index (χ1) is 12.8. The minimum absolute atomic E-state index is 0. The Balaban J connectivity index is 0.00000210. The molecule has 2 heterocycles. The molecule has 6 heteroatoms. The third-order valence-corrected chi connectivity index (χ3v) is 5.05. The van der Waals surface area contributed by atoms with Crippen LogP contribution >= 0.6 is 12.4 Å². The van der Waals surface area contributed by atoms with Crippen molar-refractivity contribution in [2.24, 2.45) is 0 Å². The number of nitrogens with zero attached hydrogens (tertiary/aromatic N) is 3. The first kappa shape index (κ1) is 19.5. The fourth-order valence-electron chi connectivity index (χ4n) is 3.65. The van der Waals surface area contributed by atoms with E-state index in [9.17, 15) is 0 Å². The Morgan fingerprint density at radius 2 is 1.78 bits per heavy atom. The van der Waals surface area contributed by atoms with E-state index in [1.165, 1.54) is 5.56 Å². The molecule has 5 nitrogen and oxygen atoms in total. The van der Waals surface area contributed by atoms with Crippen LogP contribution in [0.15, 0.2) is 48.5 Å². The van der Waals surface area contributed by atoms with Gasteiger partial charge < -0.3 is 10.1 Å². The molecule has 3 aromatic rings. The molecule has 1 aliphatic rings. The number of hydrogen-bond donors (Lipinski definition) is 1. The molecule has 0 saturated carbocycles. The molecular formula is C21H25ClN4O. The predicted molar refractivity (Wildman–Crippen MR) is 111 cm³/mol. The molecule has 0 bridgehead atoms. The third-order valence-electron chi connectivity index (χ3n) is 5.05. The molecule has 0 radical (unpaired) electrons. The number of fused-ring (bicyclic) bond motifs is 1. The van der Waals surface area contributed by atoms with Crippen molar-refractivity contribution in [1.29, 1.82) is 0 Å². The fraction of sp³-hybridized carbons (Fsp3) is 0.333. The maximum absolute atomic E-state index is 5.60. The van der Waals surface area contributed by atoms with Crippen molar-refractivity contribution in [3.05, 3.63) is 65.5 Å². The average Bonchev–Trinajstić information content (AvgIpc) is 2.69. The smallest absolute Gasteiger partial charge is 0.123 e. The molecule has 1 N–H and O–H groups in total. The van der Waals surface area contributed by atoms with Gasteiger partial charge in [0, 0.05) is 31.7 Å². The normalized spacial score (nSPS) is 17.5. The number of piperazine rings is 1. The second-order valence-corrected chi connectivity index (χ2v) is 6.68. The maximum Gasteiger partial charge on any atom is 0.123 e. The summed E-state index contributed by atoms with van der Waals surface area (Å²) in [6, 6.07) is 16.6. The number of rotatable bonds is 4. The summed E-state index contributed by atoms with van der Waals surface area (Å²) < 4.78 is 5.60. The Labute approximate surface area is 166 Å². The van der Waals surface area contributed by atoms with Crippen molar-refractivity contribution in [2.75, 3.05) is 26.7 Å². The molecule has 4 rings (SSSR count). The second-order valence-electron chi connectivity index (χ2n) is 6.68. The fourth-order valence-corrected chi connectivity index (χ4v) is 3.65. The van der Waals surface area contributed by atoms with E-state index in [4.69, 9.17) is 14.7 Å². The van der Waals surface area contributed by atoms with Crippen molar-refractivity contribution >= 4 is 23.4 Å². The van der Waals surface area contributed by atoms with Gasteiger partial charge in [-0.3, -0.25) is 4.90 Å². The van der Waals surface area contributed by atoms with Crippen LogP contribution in [0.5, 0.6) is 5.75 Å². The van der Waals surface area contributed by atoms with Crippen LogP contribution in [0.25, 0.3) is 11.0 Å². The summed E-state index contributed by atoms with van der Waals surface area (Å²) in [5, 5.41) is 3.51. The average molecular weight is 385 g/mol. The largest absolute Gasteiger partial charge is 0.496 e. The van der Waals surface area contributed by atoms with Crippen molar-refractivity contribution in [1.82, 2.24) is 20.2 Å². The summed E-state index contributed by atoms with van der Waals surface area (Å²) in [5.74, 6) is 0.938. The quantitative estimate of drug-likeness (QED) is 0.745. The summed E-state index contributed by atoms with van der Waals surface area (Å²) in [7, 11) is 1.73. The van der Waals surface area contributed by atoms with Gasteiger partial charge in [0.05, 0.1) is 35.6 Å². The van der Waals surface area contributed by atoms with Crippen LogP contribution in [-0.2, 0) is 6.54 Å². The molecule has 2 aromatic carbocycles. The number of aryl methyl sites for hydroxylation is 1. The molecule has 142 valence electrons. The number of benzene rings is 2. The molecule has 27 heavy (non-hydrogen) atoms. The van der Waals surface area contributed by atoms with E-state index in [1.807, 2.05) is 36.4 Å². The van der Waals surface area contributed by atoms with Gasteiger partial charge >= 0.3 is 0 Å². The topological polar surface area (TPSA) is 50.3 Å². The lowest BCUT2D eigenvalue weighted by Gasteiger charge is -2.37. The lowest BCUT2D eigenvalue weighted by Crippen LogP contribution is -2.45. The molecule has 1 aromatic heterocycles. The van der Waals surface area contributed by atoms with Crippen molar-refractivity contribution in [2.45, 2.75) is 19.5 Å². The van der Waals surface area contributed by atoms with Gasteiger partial charge in [-0.25, -0.2) is 9.97 Å². The zero-order valence-corrected chi connectivity index (χ0v) is 16.5. The Morgan fingerprint density at radius 1 is 1.07 bits per heavy atom. The number of aromatic nitrogens is 2. The highest BCUT2D eigenvalue weighted by Gasteiger charge is 2.27. The van der Waals surface area contributed by atoms with Crippen LogP contribution < -0.4 is 10.1 Å². The summed E-state index contributed by atoms with van der Waals surface area (Å²) in [4.78, 5) is 12.1. The molecule has 1 fully saturated rings. The van der Waals surface area contributed by atoms with Gasteiger partial charge in [-0.05, 0) is 25.1 Å². The van der Waals surface area contributed by atoms with Gasteiger partial charge in [-0.2, -0.15) is 0 Å². The first-order valence-corrected chi connectivity index (χ1v) is 9.06. The highest BCUT2D eigenvalue weighted by Crippen LogP contribution is 2.31. The van der Waals surface area contributed by atoms with Gasteiger partial charge in [0.1, 0.15) is 5.75 Å². The number of hydrogen-bond acceptors (Lipinski definition) is 5. The van der Waals surface area contributed by atoms with Gasteiger partial charge in [-0.15, -0.1) is 12.4 Å². The Morgan fingerprint density at radius 3 is 2.56 bits per heavy atom. The van der Waals surface area contributed by atoms with E-state index in [-0.39, 0.29) is 18.4 Å². The summed E-state index contributed by atoms with van der Waals surface area (Å²) in [6.45, 7) is 5.69. The maximum atomic E-state index is 5.60. The highest BCUT2D eigenvalue weighted by molar-refractivity contribution is 5.85. The minimum atomic E-state index is 0. The number of methoxy groups -OCH3 is 1. The summed E-state index contributed by atoms with van der Waals surface area (Å²) in [5.41, 5.74) is 5.17. The van der Waals surface area contributed by atoms with Gasteiger partial charge in [0.2, 0.25) is 0 Å². The van der Waals surface area contributed by atoms with Crippen molar-refractivity contribution < 1.29 is 4.74 Å². The Hall–Kier alpha value is -2.21. The number of para-hydroxylation sites is 3. The molecular weight excluding hydrogens is 360 g/mol. The van der Waals surface area contributed by atoms with Gasteiger partial charge in [-0.1, -0.05) is 30.3 Å². The van der Waals surface area contributed by atoms with Gasteiger partial charge in [0.25, 0.3) is 0 Å². The number of ether oxygens (including phenoxy) is 1. The van der Waals surface area contributed by atoms with E-state index >= 15 is 0 Å². The third kappa shape index (κ3) is 4.05. The zero-order valence-electron chi connectivity index (χ0n) is 15.7. The van der Waals surface area contributed by atoms with Gasteiger partial charge in [0.15, 0.2) is 0 Å². The van der Waals surface area contributed by atoms with E-state index in [2.05, 4.69) is 29.3 Å². The van der Waals surface area contributed by atoms with E-state index in [0.29, 0.717) is 0 Å². The SMILES string of the molecule is COc1ccccc1C1CNCCN1Cc1nc2ccccc2nc1C.Cl. The Kier molecular flexibility index (Phi) is 6.26. The van der Waals surface area contributed by atoms with Crippen molar-refractivity contribution in [3.8, 4) is 5.75 Å². The minimum Gasteiger partial charge on any atom is -0.496 e. The molecule has 1 atom stereocenters. The van der Waals surface area contributed by atoms with E-state index < -0.39 is 0 Å². The van der Waals surface area contributed by atoms with Crippen LogP contribution in [-0.4, -0.2) is 41.6 Å². The van der Waals surface area contributed by atoms with E-state index in [0.717, 1.165) is 54.3 Å². The molecule has 1 aliphatic heterocycles. The molecule has 0 amide bonds. The van der Waals surface area contributed by atoms with Crippen LogP contribution in [0.2, 0.25) is 0 Å². The van der Waals surface area contributed by atoms with Crippen molar-refractivity contribution in [3.63, 3.8) is 0 Å². The van der Waals surface area contributed by atoms with E-state index in [1.54, 1.807) is 7.11 Å². The zero-order chi connectivity index (χ0) is 17.9.